The third-order valence-corrected chi connectivity index (χ3v) is 3.61. The number of benzene rings is 2. The van der Waals surface area contributed by atoms with Crippen LogP contribution in [0.2, 0.25) is 5.02 Å². The van der Waals surface area contributed by atoms with Crippen molar-refractivity contribution in [1.82, 2.24) is 4.98 Å². The zero-order chi connectivity index (χ0) is 17.4. The molecule has 0 unspecified atom stereocenters. The van der Waals surface area contributed by atoms with Gasteiger partial charge in [0.25, 0.3) is 11.4 Å². The first-order valence-electron chi connectivity index (χ1n) is 6.41. The molecule has 0 aliphatic rings. The molecule has 0 saturated heterocycles. The average molecular weight is 348 g/mol. The first kappa shape index (κ1) is 15.6. The van der Waals surface area contributed by atoms with Gasteiger partial charge in [-0.15, -0.1) is 0 Å². The summed E-state index contributed by atoms with van der Waals surface area (Å²) in [7, 11) is 0. The van der Waals surface area contributed by atoms with Crippen molar-refractivity contribution in [2.24, 2.45) is 0 Å². The van der Waals surface area contributed by atoms with Crippen molar-refractivity contribution in [3.05, 3.63) is 72.1 Å². The van der Waals surface area contributed by atoms with E-state index in [1.165, 1.54) is 12.1 Å². The normalized spacial score (nSPS) is 10.7. The van der Waals surface area contributed by atoms with Crippen LogP contribution in [0.4, 0.5) is 11.4 Å². The second-order valence-corrected chi connectivity index (χ2v) is 5.04. The fourth-order valence-corrected chi connectivity index (χ4v) is 2.38. The van der Waals surface area contributed by atoms with Crippen LogP contribution in [0.5, 0.6) is 0 Å². The van der Waals surface area contributed by atoms with Gasteiger partial charge in [0.2, 0.25) is 5.89 Å². The largest absolute Gasteiger partial charge is 0.403 e. The maximum Gasteiger partial charge on any atom is 0.347 e. The van der Waals surface area contributed by atoms with Crippen LogP contribution in [0.25, 0.3) is 22.4 Å². The highest BCUT2D eigenvalue weighted by Crippen LogP contribution is 2.38. The molecule has 1 aromatic heterocycles. The zero-order valence-electron chi connectivity index (χ0n) is 11.6. The van der Waals surface area contributed by atoms with Crippen molar-refractivity contribution in [1.29, 1.82) is 0 Å². The smallest absolute Gasteiger partial charge is 0.347 e. The third kappa shape index (κ3) is 2.57. The maximum absolute atomic E-state index is 12.0. The van der Waals surface area contributed by atoms with E-state index in [1.807, 2.05) is 0 Å². The summed E-state index contributed by atoms with van der Waals surface area (Å²) in [5.41, 5.74) is -1.92. The van der Waals surface area contributed by atoms with Crippen LogP contribution in [0.3, 0.4) is 0 Å². The number of halogens is 1. The minimum Gasteiger partial charge on any atom is -0.403 e. The molecule has 0 atom stereocenters. The lowest BCUT2D eigenvalue weighted by Crippen LogP contribution is -2.04. The van der Waals surface area contributed by atoms with E-state index in [4.69, 9.17) is 16.0 Å². The molecule has 3 aromatic rings. The van der Waals surface area contributed by atoms with E-state index >= 15 is 0 Å². The fourth-order valence-electron chi connectivity index (χ4n) is 2.12. The SMILES string of the molecule is O=c1oc(-c2cc([N+](=O)[O-])cc([N+](=O)[O-])c2Cl)nc2ccccc12. The van der Waals surface area contributed by atoms with Crippen molar-refractivity contribution >= 4 is 33.9 Å². The maximum atomic E-state index is 12.0. The average Bonchev–Trinajstić information content (AvgIpc) is 2.54. The molecule has 3 rings (SSSR count). The summed E-state index contributed by atoms with van der Waals surface area (Å²) >= 11 is 5.95. The van der Waals surface area contributed by atoms with Gasteiger partial charge < -0.3 is 4.42 Å². The minimum absolute atomic E-state index is 0.206. The van der Waals surface area contributed by atoms with Gasteiger partial charge in [-0.05, 0) is 12.1 Å². The molecule has 0 saturated carbocycles. The Morgan fingerprint density at radius 2 is 1.79 bits per heavy atom. The number of aromatic nitrogens is 1. The zero-order valence-corrected chi connectivity index (χ0v) is 12.4. The molecule has 2 aromatic carbocycles. The third-order valence-electron chi connectivity index (χ3n) is 3.21. The lowest BCUT2D eigenvalue weighted by Gasteiger charge is -2.04. The van der Waals surface area contributed by atoms with Crippen LogP contribution in [0, 0.1) is 20.2 Å². The van der Waals surface area contributed by atoms with Crippen LogP contribution >= 0.6 is 11.6 Å². The highest BCUT2D eigenvalue weighted by atomic mass is 35.5. The molecule has 24 heavy (non-hydrogen) atoms. The topological polar surface area (TPSA) is 129 Å². The quantitative estimate of drug-likeness (QED) is 0.524. The second-order valence-electron chi connectivity index (χ2n) is 4.66. The van der Waals surface area contributed by atoms with Crippen LogP contribution < -0.4 is 5.63 Å². The Hall–Kier alpha value is -3.33. The van der Waals surface area contributed by atoms with Crippen molar-refractivity contribution in [3.8, 4) is 11.5 Å². The van der Waals surface area contributed by atoms with E-state index in [9.17, 15) is 25.0 Å². The lowest BCUT2D eigenvalue weighted by molar-refractivity contribution is -0.394. The van der Waals surface area contributed by atoms with Gasteiger partial charge in [-0.25, -0.2) is 9.78 Å². The van der Waals surface area contributed by atoms with Gasteiger partial charge >= 0.3 is 5.63 Å². The standard InChI is InChI=1S/C14H6ClN3O6/c15-12-9(5-7(17(20)21)6-11(12)18(22)23)13-16-10-4-2-1-3-8(10)14(19)24-13/h1-6H. The summed E-state index contributed by atoms with van der Waals surface area (Å²) in [5.74, 6) is -0.337. The number of para-hydroxylation sites is 1. The van der Waals surface area contributed by atoms with Crippen LogP contribution in [-0.4, -0.2) is 14.8 Å². The lowest BCUT2D eigenvalue weighted by atomic mass is 10.1. The van der Waals surface area contributed by atoms with E-state index in [-0.39, 0.29) is 22.4 Å². The summed E-state index contributed by atoms with van der Waals surface area (Å²) in [6.45, 7) is 0. The summed E-state index contributed by atoms with van der Waals surface area (Å²) in [4.78, 5) is 36.4. The van der Waals surface area contributed by atoms with Gasteiger partial charge in [0.05, 0.1) is 32.4 Å². The molecule has 9 nitrogen and oxygen atoms in total. The number of non-ortho nitro benzene ring substituents is 1. The molecular formula is C14H6ClN3O6. The highest BCUT2D eigenvalue weighted by Gasteiger charge is 2.26. The molecule has 0 bridgehead atoms. The van der Waals surface area contributed by atoms with Crippen molar-refractivity contribution in [3.63, 3.8) is 0 Å². The van der Waals surface area contributed by atoms with Gasteiger partial charge in [-0.3, -0.25) is 20.2 Å². The van der Waals surface area contributed by atoms with Crippen molar-refractivity contribution in [2.45, 2.75) is 0 Å². The summed E-state index contributed by atoms with van der Waals surface area (Å²) < 4.78 is 5.03. The summed E-state index contributed by atoms with van der Waals surface area (Å²) in [5, 5.41) is 21.8. The van der Waals surface area contributed by atoms with Crippen LogP contribution in [0.15, 0.2) is 45.6 Å². The summed E-state index contributed by atoms with van der Waals surface area (Å²) in [6, 6.07) is 7.98. The number of rotatable bonds is 3. The molecule has 0 aliphatic heterocycles. The monoisotopic (exact) mass is 347 g/mol. The highest BCUT2D eigenvalue weighted by molar-refractivity contribution is 6.35. The van der Waals surface area contributed by atoms with Crippen molar-refractivity contribution in [2.75, 3.05) is 0 Å². The number of hydrogen-bond acceptors (Lipinski definition) is 7. The molecule has 0 aliphatic carbocycles. The Labute approximate surface area is 137 Å². The first-order chi connectivity index (χ1) is 11.4. The molecule has 0 spiro atoms. The number of nitrogens with zero attached hydrogens (tertiary/aromatic N) is 3. The van der Waals surface area contributed by atoms with Gasteiger partial charge in [0.1, 0.15) is 5.02 Å². The van der Waals surface area contributed by atoms with Crippen LogP contribution in [0.1, 0.15) is 0 Å². The number of nitro groups is 2. The molecule has 0 amide bonds. The number of hydrogen-bond donors (Lipinski definition) is 0. The Morgan fingerprint density at radius 1 is 1.08 bits per heavy atom. The van der Waals surface area contributed by atoms with Crippen LogP contribution in [-0.2, 0) is 0 Å². The van der Waals surface area contributed by atoms with Gasteiger partial charge in [-0.1, -0.05) is 23.7 Å². The minimum atomic E-state index is -0.863. The fraction of sp³-hybridized carbons (Fsp3) is 0. The molecule has 10 heteroatoms. The Balaban J connectivity index is 2.35. The second kappa shape index (κ2) is 5.70. The van der Waals surface area contributed by atoms with Crippen molar-refractivity contribution < 1.29 is 14.3 Å². The predicted molar refractivity (Wildman–Crippen MR) is 84.0 cm³/mol. The van der Waals surface area contributed by atoms with Gasteiger partial charge in [-0.2, -0.15) is 0 Å². The predicted octanol–water partition coefficient (Wildman–Crippen LogP) is 3.32. The molecule has 0 N–H and O–H groups in total. The van der Waals surface area contributed by atoms with E-state index < -0.39 is 31.9 Å². The Kier molecular flexibility index (Phi) is 3.70. The first-order valence-corrected chi connectivity index (χ1v) is 6.79. The number of nitro benzene ring substituents is 2. The Bertz CT molecular complexity index is 1060. The Morgan fingerprint density at radius 3 is 2.46 bits per heavy atom. The molecule has 1 heterocycles. The molecular weight excluding hydrogens is 342 g/mol. The molecule has 120 valence electrons. The molecule has 0 radical (unpaired) electrons. The van der Waals surface area contributed by atoms with E-state index in [0.29, 0.717) is 0 Å². The number of fused-ring (bicyclic) bond motifs is 1. The van der Waals surface area contributed by atoms with E-state index in [0.717, 1.165) is 12.1 Å². The van der Waals surface area contributed by atoms with E-state index in [1.54, 1.807) is 12.1 Å². The summed E-state index contributed by atoms with van der Waals surface area (Å²) in [6.07, 6.45) is 0. The van der Waals surface area contributed by atoms with Gasteiger partial charge in [0.15, 0.2) is 0 Å². The molecule has 0 fully saturated rings. The van der Waals surface area contributed by atoms with Gasteiger partial charge in [0, 0.05) is 6.07 Å². The van der Waals surface area contributed by atoms with E-state index in [2.05, 4.69) is 4.98 Å².